The zero-order valence-corrected chi connectivity index (χ0v) is 17.4. The summed E-state index contributed by atoms with van der Waals surface area (Å²) in [5, 5.41) is 6.15. The van der Waals surface area contributed by atoms with Gasteiger partial charge in [-0.3, -0.25) is 14.5 Å². The van der Waals surface area contributed by atoms with Gasteiger partial charge < -0.3 is 15.4 Å². The maximum Gasteiger partial charge on any atom is 0.234 e. The molecular weight excluding hydrogens is 378 g/mol. The molecule has 30 heavy (non-hydrogen) atoms. The first kappa shape index (κ1) is 20.6. The first-order valence-corrected chi connectivity index (χ1v) is 10.6. The molecule has 1 aliphatic carbocycles. The van der Waals surface area contributed by atoms with Gasteiger partial charge in [-0.1, -0.05) is 48.5 Å². The topological polar surface area (TPSA) is 70.7 Å². The van der Waals surface area contributed by atoms with E-state index in [1.54, 1.807) is 7.11 Å². The molecule has 2 aromatic rings. The zero-order chi connectivity index (χ0) is 20.9. The van der Waals surface area contributed by atoms with E-state index >= 15 is 0 Å². The number of fused-ring (bicyclic) bond motifs is 3. The van der Waals surface area contributed by atoms with Gasteiger partial charge in [0.2, 0.25) is 11.8 Å². The highest BCUT2D eigenvalue weighted by Gasteiger charge is 2.30. The Bertz CT molecular complexity index is 861. The Morgan fingerprint density at radius 2 is 1.60 bits per heavy atom. The van der Waals surface area contributed by atoms with Gasteiger partial charge >= 0.3 is 0 Å². The lowest BCUT2D eigenvalue weighted by Crippen LogP contribution is -2.45. The van der Waals surface area contributed by atoms with Crippen molar-refractivity contribution in [2.24, 2.45) is 5.92 Å². The third kappa shape index (κ3) is 4.40. The van der Waals surface area contributed by atoms with Crippen molar-refractivity contribution in [1.29, 1.82) is 0 Å². The molecule has 0 atom stereocenters. The second kappa shape index (κ2) is 9.41. The van der Waals surface area contributed by atoms with Gasteiger partial charge in [-0.05, 0) is 48.2 Å². The van der Waals surface area contributed by atoms with Gasteiger partial charge in [-0.2, -0.15) is 0 Å². The van der Waals surface area contributed by atoms with Crippen LogP contribution < -0.4 is 10.6 Å². The Balaban J connectivity index is 1.31. The van der Waals surface area contributed by atoms with Crippen molar-refractivity contribution in [1.82, 2.24) is 15.5 Å². The van der Waals surface area contributed by atoms with Crippen LogP contribution in [0, 0.1) is 5.92 Å². The maximum atomic E-state index is 12.8. The molecule has 4 rings (SSSR count). The molecule has 2 aromatic carbocycles. The highest BCUT2D eigenvalue weighted by atomic mass is 16.5. The molecule has 0 radical (unpaired) electrons. The highest BCUT2D eigenvalue weighted by Crippen LogP contribution is 2.42. The third-order valence-corrected chi connectivity index (χ3v) is 6.07. The van der Waals surface area contributed by atoms with Crippen LogP contribution in [0.3, 0.4) is 0 Å². The summed E-state index contributed by atoms with van der Waals surface area (Å²) in [7, 11) is 1.62. The smallest absolute Gasteiger partial charge is 0.234 e. The SMILES string of the molecule is COCCNC(=O)C1CCN(CC(=O)NC2c3ccccc3-c3ccccc32)CC1. The van der Waals surface area contributed by atoms with Crippen molar-refractivity contribution in [2.45, 2.75) is 18.9 Å². The second-order valence-corrected chi connectivity index (χ2v) is 8.01. The van der Waals surface area contributed by atoms with E-state index in [9.17, 15) is 9.59 Å². The summed E-state index contributed by atoms with van der Waals surface area (Å²) in [5.41, 5.74) is 4.69. The molecule has 1 heterocycles. The fraction of sp³-hybridized carbons (Fsp3) is 0.417. The minimum absolute atomic E-state index is 0.0227. The molecule has 0 unspecified atom stereocenters. The molecule has 1 saturated heterocycles. The standard InChI is InChI=1S/C24H29N3O3/c1-30-15-12-25-24(29)17-10-13-27(14-11-17)16-22(28)26-23-20-8-4-2-6-18(20)19-7-3-5-9-21(19)23/h2-9,17,23H,10-16H2,1H3,(H,25,29)(H,26,28). The van der Waals surface area contributed by atoms with Crippen LogP contribution in [0.5, 0.6) is 0 Å². The van der Waals surface area contributed by atoms with Crippen LogP contribution in [-0.4, -0.2) is 56.6 Å². The van der Waals surface area contributed by atoms with Gasteiger partial charge in [0, 0.05) is 19.6 Å². The van der Waals surface area contributed by atoms with Gasteiger partial charge in [0.15, 0.2) is 0 Å². The van der Waals surface area contributed by atoms with Crippen molar-refractivity contribution in [2.75, 3.05) is 39.9 Å². The van der Waals surface area contributed by atoms with E-state index in [0.29, 0.717) is 19.7 Å². The predicted octanol–water partition coefficient (Wildman–Crippen LogP) is 2.35. The number of nitrogens with one attached hydrogen (secondary N) is 2. The lowest BCUT2D eigenvalue weighted by Gasteiger charge is -2.31. The van der Waals surface area contributed by atoms with Crippen LogP contribution in [0.25, 0.3) is 11.1 Å². The number of nitrogens with zero attached hydrogens (tertiary/aromatic N) is 1. The highest BCUT2D eigenvalue weighted by molar-refractivity contribution is 5.84. The molecule has 0 aromatic heterocycles. The van der Waals surface area contributed by atoms with E-state index in [0.717, 1.165) is 37.1 Å². The monoisotopic (exact) mass is 407 g/mol. The number of carbonyl (C=O) groups is 2. The summed E-state index contributed by atoms with van der Waals surface area (Å²) in [6, 6.07) is 16.4. The number of ether oxygens (including phenoxy) is 1. The summed E-state index contributed by atoms with van der Waals surface area (Å²) in [5.74, 6) is 0.138. The first-order chi connectivity index (χ1) is 14.7. The second-order valence-electron chi connectivity index (χ2n) is 8.01. The lowest BCUT2D eigenvalue weighted by atomic mass is 9.96. The zero-order valence-electron chi connectivity index (χ0n) is 17.4. The Labute approximate surface area is 177 Å². The Hall–Kier alpha value is -2.70. The molecule has 0 bridgehead atoms. The van der Waals surface area contributed by atoms with E-state index in [2.05, 4.69) is 39.8 Å². The summed E-state index contributed by atoms with van der Waals surface area (Å²) in [4.78, 5) is 27.2. The Morgan fingerprint density at radius 1 is 1.00 bits per heavy atom. The van der Waals surface area contributed by atoms with Crippen LogP contribution in [0.4, 0.5) is 0 Å². The average molecular weight is 408 g/mol. The van der Waals surface area contributed by atoms with Crippen LogP contribution >= 0.6 is 0 Å². The van der Waals surface area contributed by atoms with Crippen LogP contribution in [0.15, 0.2) is 48.5 Å². The number of likely N-dealkylation sites (tertiary alicyclic amines) is 1. The number of piperidine rings is 1. The van der Waals surface area contributed by atoms with Crippen molar-refractivity contribution in [3.63, 3.8) is 0 Å². The molecule has 1 aliphatic heterocycles. The van der Waals surface area contributed by atoms with E-state index in [-0.39, 0.29) is 23.8 Å². The largest absolute Gasteiger partial charge is 0.383 e. The number of carbonyl (C=O) groups excluding carboxylic acids is 2. The number of hydrogen-bond donors (Lipinski definition) is 2. The molecular formula is C24H29N3O3. The van der Waals surface area contributed by atoms with E-state index in [1.807, 2.05) is 24.3 Å². The summed E-state index contributed by atoms with van der Waals surface area (Å²) in [6.07, 6.45) is 1.56. The van der Waals surface area contributed by atoms with Crippen molar-refractivity contribution in [3.05, 3.63) is 59.7 Å². The fourth-order valence-corrected chi connectivity index (χ4v) is 4.49. The molecule has 0 spiro atoms. The number of benzene rings is 2. The van der Waals surface area contributed by atoms with Gasteiger partial charge in [0.25, 0.3) is 0 Å². The quantitative estimate of drug-likeness (QED) is 0.692. The summed E-state index contributed by atoms with van der Waals surface area (Å²) >= 11 is 0. The Morgan fingerprint density at radius 3 is 2.20 bits per heavy atom. The minimum Gasteiger partial charge on any atom is -0.383 e. The van der Waals surface area contributed by atoms with Crippen molar-refractivity contribution >= 4 is 11.8 Å². The van der Waals surface area contributed by atoms with Crippen LogP contribution in [0.1, 0.15) is 30.0 Å². The first-order valence-electron chi connectivity index (χ1n) is 10.6. The van der Waals surface area contributed by atoms with E-state index in [4.69, 9.17) is 4.74 Å². The van der Waals surface area contributed by atoms with Gasteiger partial charge in [-0.15, -0.1) is 0 Å². The number of rotatable bonds is 7. The van der Waals surface area contributed by atoms with Gasteiger partial charge in [-0.25, -0.2) is 0 Å². The minimum atomic E-state index is -0.103. The van der Waals surface area contributed by atoms with Crippen molar-refractivity contribution in [3.8, 4) is 11.1 Å². The van der Waals surface area contributed by atoms with Crippen LogP contribution in [0.2, 0.25) is 0 Å². The maximum absolute atomic E-state index is 12.8. The summed E-state index contributed by atoms with van der Waals surface area (Å²) < 4.78 is 4.97. The predicted molar refractivity (Wildman–Crippen MR) is 116 cm³/mol. The van der Waals surface area contributed by atoms with Gasteiger partial charge in [0.1, 0.15) is 0 Å². The van der Waals surface area contributed by atoms with Crippen molar-refractivity contribution < 1.29 is 14.3 Å². The molecule has 2 aliphatic rings. The van der Waals surface area contributed by atoms with Gasteiger partial charge in [0.05, 0.1) is 19.2 Å². The number of amides is 2. The van der Waals surface area contributed by atoms with Crippen LogP contribution in [-0.2, 0) is 14.3 Å². The molecule has 6 heteroatoms. The van der Waals surface area contributed by atoms with E-state index < -0.39 is 0 Å². The molecule has 158 valence electrons. The molecule has 1 fully saturated rings. The molecule has 2 amide bonds. The lowest BCUT2D eigenvalue weighted by molar-refractivity contribution is -0.127. The third-order valence-electron chi connectivity index (χ3n) is 6.07. The normalized spacial score (nSPS) is 16.7. The summed E-state index contributed by atoms with van der Waals surface area (Å²) in [6.45, 7) is 2.95. The Kier molecular flexibility index (Phi) is 6.45. The molecule has 0 saturated carbocycles. The average Bonchev–Trinajstić information content (AvgIpc) is 3.08. The number of hydrogen-bond acceptors (Lipinski definition) is 4. The van der Waals surface area contributed by atoms with E-state index in [1.165, 1.54) is 11.1 Å². The molecule has 2 N–H and O–H groups in total. The number of methoxy groups -OCH3 is 1. The fourth-order valence-electron chi connectivity index (χ4n) is 4.49. The molecule has 6 nitrogen and oxygen atoms in total.